The first-order valence-electron chi connectivity index (χ1n) is 8.96. The topological polar surface area (TPSA) is 87.1 Å². The number of hydrogen-bond donors (Lipinski definition) is 3. The predicted octanol–water partition coefficient (Wildman–Crippen LogP) is 1.89. The number of amides is 1. The Morgan fingerprint density at radius 2 is 2.16 bits per heavy atom. The van der Waals surface area contributed by atoms with Crippen LogP contribution in [0, 0.1) is 5.92 Å². The maximum atomic E-state index is 12.7. The third-order valence-corrected chi connectivity index (χ3v) is 4.97. The van der Waals surface area contributed by atoms with Crippen LogP contribution in [0.15, 0.2) is 30.7 Å². The number of aromatic nitrogens is 2. The van der Waals surface area contributed by atoms with Crippen LogP contribution in [0.5, 0.6) is 0 Å². The molecule has 1 heterocycles. The minimum atomic E-state index is -0.325. The summed E-state index contributed by atoms with van der Waals surface area (Å²) in [5, 5.41) is 17.3. The third kappa shape index (κ3) is 4.14. The molecule has 1 amide bonds. The zero-order chi connectivity index (χ0) is 17.8. The SMILES string of the molecule is CC(C)C(NC1CCC1)[C@@H](CO)NC(=O)c1ccc2cncnc2c1. The van der Waals surface area contributed by atoms with Crippen molar-refractivity contribution < 1.29 is 9.90 Å². The summed E-state index contributed by atoms with van der Waals surface area (Å²) >= 11 is 0. The summed E-state index contributed by atoms with van der Waals surface area (Å²) in [5.74, 6) is 0.114. The lowest BCUT2D eigenvalue weighted by Crippen LogP contribution is -2.57. The summed E-state index contributed by atoms with van der Waals surface area (Å²) in [6.45, 7) is 4.13. The van der Waals surface area contributed by atoms with Crippen LogP contribution in [-0.4, -0.2) is 45.7 Å². The molecule has 134 valence electrons. The highest BCUT2D eigenvalue weighted by Crippen LogP contribution is 2.21. The molecule has 1 saturated carbocycles. The van der Waals surface area contributed by atoms with Gasteiger partial charge in [-0.1, -0.05) is 26.3 Å². The molecule has 0 radical (unpaired) electrons. The van der Waals surface area contributed by atoms with Crippen molar-refractivity contribution in [2.45, 2.75) is 51.2 Å². The number of rotatable bonds is 7. The second-order valence-electron chi connectivity index (χ2n) is 7.12. The number of aliphatic hydroxyl groups is 1. The molecular formula is C19H26N4O2. The standard InChI is InChI=1S/C19H26N4O2/c1-12(2)18(22-15-4-3-5-15)17(10-24)23-19(25)13-6-7-14-9-20-11-21-16(14)8-13/h6-9,11-12,15,17-18,22,24H,3-5,10H2,1-2H3,(H,23,25)/t17-,18?/m1/s1. The Labute approximate surface area is 148 Å². The smallest absolute Gasteiger partial charge is 0.251 e. The summed E-state index contributed by atoms with van der Waals surface area (Å²) in [5.41, 5.74) is 1.27. The van der Waals surface area contributed by atoms with Crippen LogP contribution in [0.1, 0.15) is 43.5 Å². The lowest BCUT2D eigenvalue weighted by atomic mass is 9.88. The number of nitrogens with one attached hydrogen (secondary N) is 2. The van der Waals surface area contributed by atoms with E-state index >= 15 is 0 Å². The first-order chi connectivity index (χ1) is 12.1. The Balaban J connectivity index is 1.72. The van der Waals surface area contributed by atoms with E-state index in [2.05, 4.69) is 34.4 Å². The number of hydrogen-bond acceptors (Lipinski definition) is 5. The van der Waals surface area contributed by atoms with E-state index < -0.39 is 0 Å². The Kier molecular flexibility index (Phi) is 5.60. The van der Waals surface area contributed by atoms with Gasteiger partial charge in [0.2, 0.25) is 0 Å². The zero-order valence-corrected chi connectivity index (χ0v) is 14.8. The van der Waals surface area contributed by atoms with Crippen LogP contribution < -0.4 is 10.6 Å². The Morgan fingerprint density at radius 3 is 2.80 bits per heavy atom. The van der Waals surface area contributed by atoms with Crippen molar-refractivity contribution in [2.75, 3.05) is 6.61 Å². The second kappa shape index (κ2) is 7.89. The lowest BCUT2D eigenvalue weighted by Gasteiger charge is -2.37. The summed E-state index contributed by atoms with van der Waals surface area (Å²) in [7, 11) is 0. The van der Waals surface area contributed by atoms with Gasteiger partial charge >= 0.3 is 0 Å². The molecule has 1 fully saturated rings. The first kappa shape index (κ1) is 17.8. The fourth-order valence-corrected chi connectivity index (χ4v) is 3.24. The van der Waals surface area contributed by atoms with E-state index in [1.807, 2.05) is 6.07 Å². The van der Waals surface area contributed by atoms with Crippen LogP contribution in [0.3, 0.4) is 0 Å². The molecule has 2 aromatic rings. The normalized spacial score (nSPS) is 17.3. The minimum Gasteiger partial charge on any atom is -0.394 e. The molecule has 3 rings (SSSR count). The van der Waals surface area contributed by atoms with E-state index in [1.165, 1.54) is 25.6 Å². The Morgan fingerprint density at radius 1 is 1.36 bits per heavy atom. The highest BCUT2D eigenvalue weighted by atomic mass is 16.3. The van der Waals surface area contributed by atoms with Crippen molar-refractivity contribution in [1.29, 1.82) is 0 Å². The fraction of sp³-hybridized carbons (Fsp3) is 0.526. The molecule has 1 unspecified atom stereocenters. The quantitative estimate of drug-likeness (QED) is 0.715. The van der Waals surface area contributed by atoms with Gasteiger partial charge in [-0.25, -0.2) is 9.97 Å². The van der Waals surface area contributed by atoms with Crippen LogP contribution in [0.25, 0.3) is 10.9 Å². The van der Waals surface area contributed by atoms with Crippen molar-refractivity contribution >= 4 is 16.8 Å². The van der Waals surface area contributed by atoms with Gasteiger partial charge in [0.05, 0.1) is 18.2 Å². The molecule has 6 heteroatoms. The molecule has 1 aromatic heterocycles. The predicted molar refractivity (Wildman–Crippen MR) is 97.3 cm³/mol. The Bertz CT molecular complexity index is 730. The van der Waals surface area contributed by atoms with Crippen molar-refractivity contribution in [3.63, 3.8) is 0 Å². The van der Waals surface area contributed by atoms with E-state index in [1.54, 1.807) is 18.3 Å². The molecule has 0 spiro atoms. The summed E-state index contributed by atoms with van der Waals surface area (Å²) in [4.78, 5) is 20.8. The third-order valence-electron chi connectivity index (χ3n) is 4.97. The van der Waals surface area contributed by atoms with E-state index in [4.69, 9.17) is 0 Å². The molecule has 1 aliphatic rings. The molecule has 6 nitrogen and oxygen atoms in total. The van der Waals surface area contributed by atoms with Gasteiger partial charge in [0.1, 0.15) is 6.33 Å². The molecule has 0 bridgehead atoms. The highest BCUT2D eigenvalue weighted by molar-refractivity contribution is 5.97. The average Bonchev–Trinajstić information content (AvgIpc) is 2.58. The molecule has 1 aromatic carbocycles. The zero-order valence-electron chi connectivity index (χ0n) is 14.8. The lowest BCUT2D eigenvalue weighted by molar-refractivity contribution is 0.0874. The van der Waals surface area contributed by atoms with Gasteiger partial charge in [-0.05, 0) is 30.9 Å². The van der Waals surface area contributed by atoms with Crippen molar-refractivity contribution in [2.24, 2.45) is 5.92 Å². The number of benzene rings is 1. The van der Waals surface area contributed by atoms with Gasteiger partial charge in [-0.2, -0.15) is 0 Å². The Hall–Kier alpha value is -2.05. The van der Waals surface area contributed by atoms with Crippen molar-refractivity contribution in [3.05, 3.63) is 36.3 Å². The second-order valence-corrected chi connectivity index (χ2v) is 7.12. The molecule has 0 saturated heterocycles. The number of aliphatic hydroxyl groups excluding tert-OH is 1. The number of carbonyl (C=O) groups excluding carboxylic acids is 1. The van der Waals surface area contributed by atoms with Gasteiger partial charge in [-0.3, -0.25) is 4.79 Å². The van der Waals surface area contributed by atoms with Crippen LogP contribution in [-0.2, 0) is 0 Å². The maximum absolute atomic E-state index is 12.7. The first-order valence-corrected chi connectivity index (χ1v) is 8.96. The van der Waals surface area contributed by atoms with Gasteiger partial charge in [0.15, 0.2) is 0 Å². The summed E-state index contributed by atoms with van der Waals surface area (Å²) in [6, 6.07) is 5.57. The molecule has 2 atom stereocenters. The molecule has 3 N–H and O–H groups in total. The number of nitrogens with zero attached hydrogens (tertiary/aromatic N) is 2. The van der Waals surface area contributed by atoms with Crippen LogP contribution >= 0.6 is 0 Å². The van der Waals surface area contributed by atoms with Crippen molar-refractivity contribution in [3.8, 4) is 0 Å². The van der Waals surface area contributed by atoms with Gasteiger partial charge in [0, 0.05) is 29.2 Å². The van der Waals surface area contributed by atoms with Crippen LogP contribution in [0.2, 0.25) is 0 Å². The van der Waals surface area contributed by atoms with E-state index in [0.29, 0.717) is 17.5 Å². The molecule has 1 aliphatic carbocycles. The van der Waals surface area contributed by atoms with E-state index in [-0.39, 0.29) is 24.6 Å². The van der Waals surface area contributed by atoms with Crippen molar-refractivity contribution in [1.82, 2.24) is 20.6 Å². The van der Waals surface area contributed by atoms with Gasteiger partial charge in [-0.15, -0.1) is 0 Å². The average molecular weight is 342 g/mol. The van der Waals surface area contributed by atoms with Gasteiger partial charge in [0.25, 0.3) is 5.91 Å². The van der Waals surface area contributed by atoms with Crippen LogP contribution in [0.4, 0.5) is 0 Å². The summed E-state index contributed by atoms with van der Waals surface area (Å²) < 4.78 is 0. The molecule has 0 aliphatic heterocycles. The fourth-order valence-electron chi connectivity index (χ4n) is 3.24. The van der Waals surface area contributed by atoms with E-state index in [0.717, 1.165) is 10.9 Å². The highest BCUT2D eigenvalue weighted by Gasteiger charge is 2.30. The number of carbonyl (C=O) groups is 1. The van der Waals surface area contributed by atoms with Gasteiger partial charge < -0.3 is 15.7 Å². The molecule has 25 heavy (non-hydrogen) atoms. The largest absolute Gasteiger partial charge is 0.394 e. The minimum absolute atomic E-state index is 0.0435. The summed E-state index contributed by atoms with van der Waals surface area (Å²) in [6.07, 6.45) is 6.77. The van der Waals surface area contributed by atoms with E-state index in [9.17, 15) is 9.90 Å². The monoisotopic (exact) mass is 342 g/mol. The molecular weight excluding hydrogens is 316 g/mol. The maximum Gasteiger partial charge on any atom is 0.251 e. The number of fused-ring (bicyclic) bond motifs is 1.